The fraction of sp³-hybridized carbons (Fsp3) is 0.200. The summed E-state index contributed by atoms with van der Waals surface area (Å²) in [5.74, 6) is 0. The molecule has 2 heteroatoms. The molecule has 2 rings (SSSR count). The van der Waals surface area contributed by atoms with E-state index in [1.54, 1.807) is 0 Å². The molecule has 0 heterocycles. The van der Waals surface area contributed by atoms with E-state index in [9.17, 15) is 5.11 Å². The Morgan fingerprint density at radius 3 is 2.24 bits per heavy atom. The van der Waals surface area contributed by atoms with Crippen LogP contribution in [0.2, 0.25) is 5.02 Å². The van der Waals surface area contributed by atoms with Gasteiger partial charge >= 0.3 is 0 Å². The van der Waals surface area contributed by atoms with Gasteiger partial charge in [0.25, 0.3) is 0 Å². The first-order chi connectivity index (χ1) is 8.16. The molecule has 0 fully saturated rings. The molecule has 0 spiro atoms. The predicted molar refractivity (Wildman–Crippen MR) is 71.2 cm³/mol. The van der Waals surface area contributed by atoms with Crippen molar-refractivity contribution in [2.45, 2.75) is 18.9 Å². The van der Waals surface area contributed by atoms with Crippen LogP contribution in [0.25, 0.3) is 0 Å². The molecule has 2 aromatic carbocycles. The number of benzene rings is 2. The molecule has 0 bridgehead atoms. The van der Waals surface area contributed by atoms with Gasteiger partial charge < -0.3 is 5.11 Å². The summed E-state index contributed by atoms with van der Waals surface area (Å²) >= 11 is 5.98. The van der Waals surface area contributed by atoms with E-state index in [1.165, 1.54) is 0 Å². The third-order valence-corrected chi connectivity index (χ3v) is 3.30. The van der Waals surface area contributed by atoms with E-state index in [0.717, 1.165) is 11.1 Å². The lowest BCUT2D eigenvalue weighted by molar-refractivity contribution is 0.0765. The molecule has 1 N–H and O–H groups in total. The standard InChI is InChI=1S/C15H15ClO/c1-2-15(17,12-7-4-3-5-8-12)13-9-6-10-14(16)11-13/h3-11,17H,2H2,1H3. The average molecular weight is 247 g/mol. The number of hydrogen-bond donors (Lipinski definition) is 1. The zero-order valence-electron chi connectivity index (χ0n) is 9.73. The lowest BCUT2D eigenvalue weighted by atomic mass is 9.84. The van der Waals surface area contributed by atoms with Crippen molar-refractivity contribution < 1.29 is 5.11 Å². The summed E-state index contributed by atoms with van der Waals surface area (Å²) < 4.78 is 0. The van der Waals surface area contributed by atoms with Crippen molar-refractivity contribution in [1.29, 1.82) is 0 Å². The second-order valence-electron chi connectivity index (χ2n) is 4.09. The molecule has 0 aliphatic rings. The Morgan fingerprint density at radius 1 is 1.00 bits per heavy atom. The molecule has 0 aliphatic carbocycles. The van der Waals surface area contributed by atoms with Crippen LogP contribution in [0.3, 0.4) is 0 Å². The van der Waals surface area contributed by atoms with Gasteiger partial charge in [-0.3, -0.25) is 0 Å². The van der Waals surface area contributed by atoms with Crippen molar-refractivity contribution in [3.8, 4) is 0 Å². The number of rotatable bonds is 3. The maximum Gasteiger partial charge on any atom is 0.114 e. The number of halogens is 1. The molecule has 0 saturated carbocycles. The zero-order valence-corrected chi connectivity index (χ0v) is 10.5. The molecule has 1 unspecified atom stereocenters. The first-order valence-corrected chi connectivity index (χ1v) is 6.08. The Morgan fingerprint density at radius 2 is 1.65 bits per heavy atom. The molecular weight excluding hydrogens is 232 g/mol. The lowest BCUT2D eigenvalue weighted by Crippen LogP contribution is -2.26. The normalized spacial score (nSPS) is 14.3. The summed E-state index contributed by atoms with van der Waals surface area (Å²) in [7, 11) is 0. The first-order valence-electron chi connectivity index (χ1n) is 5.71. The molecule has 0 amide bonds. The van der Waals surface area contributed by atoms with Crippen LogP contribution in [0.4, 0.5) is 0 Å². The number of aliphatic hydroxyl groups is 1. The van der Waals surface area contributed by atoms with E-state index >= 15 is 0 Å². The van der Waals surface area contributed by atoms with Crippen molar-refractivity contribution >= 4 is 11.6 Å². The Balaban J connectivity index is 2.52. The van der Waals surface area contributed by atoms with Gasteiger partial charge in [-0.15, -0.1) is 0 Å². The van der Waals surface area contributed by atoms with Crippen LogP contribution in [-0.2, 0) is 5.60 Å². The van der Waals surface area contributed by atoms with E-state index in [1.807, 2.05) is 61.5 Å². The van der Waals surface area contributed by atoms with E-state index in [2.05, 4.69) is 0 Å². The summed E-state index contributed by atoms with van der Waals surface area (Å²) in [6.45, 7) is 1.97. The van der Waals surface area contributed by atoms with Gasteiger partial charge in [0, 0.05) is 5.02 Å². The Bertz CT molecular complexity index is 495. The lowest BCUT2D eigenvalue weighted by Gasteiger charge is -2.28. The third-order valence-electron chi connectivity index (χ3n) is 3.07. The smallest absolute Gasteiger partial charge is 0.114 e. The van der Waals surface area contributed by atoms with Crippen LogP contribution >= 0.6 is 11.6 Å². The number of hydrogen-bond acceptors (Lipinski definition) is 1. The molecule has 2 aromatic rings. The Hall–Kier alpha value is -1.31. The minimum atomic E-state index is -0.966. The summed E-state index contributed by atoms with van der Waals surface area (Å²) in [5.41, 5.74) is 0.759. The highest BCUT2D eigenvalue weighted by Crippen LogP contribution is 2.33. The van der Waals surface area contributed by atoms with Crippen LogP contribution in [0.5, 0.6) is 0 Å². The largest absolute Gasteiger partial charge is 0.380 e. The van der Waals surface area contributed by atoms with E-state index in [0.29, 0.717) is 11.4 Å². The average Bonchev–Trinajstić information content (AvgIpc) is 2.39. The minimum absolute atomic E-state index is 0.608. The minimum Gasteiger partial charge on any atom is -0.380 e. The fourth-order valence-corrected chi connectivity index (χ4v) is 2.22. The molecule has 0 aromatic heterocycles. The van der Waals surface area contributed by atoms with Crippen molar-refractivity contribution in [1.82, 2.24) is 0 Å². The van der Waals surface area contributed by atoms with Crippen LogP contribution in [-0.4, -0.2) is 5.11 Å². The summed E-state index contributed by atoms with van der Waals surface area (Å²) in [4.78, 5) is 0. The van der Waals surface area contributed by atoms with Crippen LogP contribution in [0, 0.1) is 0 Å². The van der Waals surface area contributed by atoms with Gasteiger partial charge in [-0.1, -0.05) is 61.0 Å². The van der Waals surface area contributed by atoms with Gasteiger partial charge in [-0.05, 0) is 29.7 Å². The van der Waals surface area contributed by atoms with E-state index in [-0.39, 0.29) is 0 Å². The van der Waals surface area contributed by atoms with Crippen molar-refractivity contribution in [3.63, 3.8) is 0 Å². The molecule has 17 heavy (non-hydrogen) atoms. The quantitative estimate of drug-likeness (QED) is 0.868. The molecule has 0 aliphatic heterocycles. The van der Waals surface area contributed by atoms with Crippen molar-refractivity contribution in [2.24, 2.45) is 0 Å². The van der Waals surface area contributed by atoms with Crippen LogP contribution < -0.4 is 0 Å². The summed E-state index contributed by atoms with van der Waals surface area (Å²) in [6.07, 6.45) is 0.608. The highest BCUT2D eigenvalue weighted by Gasteiger charge is 2.29. The molecule has 1 nitrogen and oxygen atoms in total. The first kappa shape index (κ1) is 12.2. The Labute approximate surface area is 107 Å². The monoisotopic (exact) mass is 246 g/mol. The highest BCUT2D eigenvalue weighted by atomic mass is 35.5. The van der Waals surface area contributed by atoms with Crippen LogP contribution in [0.1, 0.15) is 24.5 Å². The molecule has 1 atom stereocenters. The van der Waals surface area contributed by atoms with Gasteiger partial charge in [0.2, 0.25) is 0 Å². The predicted octanol–water partition coefficient (Wildman–Crippen LogP) is 3.99. The van der Waals surface area contributed by atoms with E-state index in [4.69, 9.17) is 11.6 Å². The van der Waals surface area contributed by atoms with Gasteiger partial charge in [0.05, 0.1) is 0 Å². The maximum atomic E-state index is 10.8. The van der Waals surface area contributed by atoms with Crippen molar-refractivity contribution in [2.75, 3.05) is 0 Å². The second kappa shape index (κ2) is 4.91. The Kier molecular flexibility index (Phi) is 3.51. The van der Waals surface area contributed by atoms with Crippen LogP contribution in [0.15, 0.2) is 54.6 Å². The summed E-state index contributed by atoms with van der Waals surface area (Å²) in [5, 5.41) is 11.5. The molecule has 88 valence electrons. The van der Waals surface area contributed by atoms with E-state index < -0.39 is 5.60 Å². The molecule has 0 radical (unpaired) electrons. The van der Waals surface area contributed by atoms with Gasteiger partial charge in [0.15, 0.2) is 0 Å². The fourth-order valence-electron chi connectivity index (χ4n) is 2.03. The SMILES string of the molecule is CCC(O)(c1ccccc1)c1cccc(Cl)c1. The zero-order chi connectivity index (χ0) is 12.3. The second-order valence-corrected chi connectivity index (χ2v) is 4.53. The van der Waals surface area contributed by atoms with Gasteiger partial charge in [0.1, 0.15) is 5.60 Å². The summed E-state index contributed by atoms with van der Waals surface area (Å²) in [6, 6.07) is 17.1. The van der Waals surface area contributed by atoms with Gasteiger partial charge in [-0.2, -0.15) is 0 Å². The molecule has 0 saturated heterocycles. The van der Waals surface area contributed by atoms with Crippen molar-refractivity contribution in [3.05, 3.63) is 70.7 Å². The molecular formula is C15H15ClO. The highest BCUT2D eigenvalue weighted by molar-refractivity contribution is 6.30. The maximum absolute atomic E-state index is 10.8. The third kappa shape index (κ3) is 2.36. The van der Waals surface area contributed by atoms with Gasteiger partial charge in [-0.25, -0.2) is 0 Å². The topological polar surface area (TPSA) is 20.2 Å².